The third kappa shape index (κ3) is 8.54. The van der Waals surface area contributed by atoms with Crippen LogP contribution in [0.25, 0.3) is 0 Å². The summed E-state index contributed by atoms with van der Waals surface area (Å²) in [6.45, 7) is 6.88. The van der Waals surface area contributed by atoms with E-state index >= 15 is 0 Å². The van der Waals surface area contributed by atoms with Crippen LogP contribution in [0.3, 0.4) is 0 Å². The zero-order valence-electron chi connectivity index (χ0n) is 25.4. The molecule has 9 heteroatoms. The smallest absolute Gasteiger partial charge is 0.264 e. The molecule has 7 nitrogen and oxygen atoms in total. The highest BCUT2D eigenvalue weighted by atomic mass is 32.2. The normalized spacial score (nSPS) is 12.3. The first kappa shape index (κ1) is 32.4. The molecule has 1 atom stereocenters. The Morgan fingerprint density at radius 3 is 1.89 bits per heavy atom. The van der Waals surface area contributed by atoms with E-state index in [0.29, 0.717) is 0 Å². The van der Waals surface area contributed by atoms with Crippen LogP contribution in [0, 0.1) is 12.7 Å². The lowest BCUT2D eigenvalue weighted by Crippen LogP contribution is -2.56. The van der Waals surface area contributed by atoms with Gasteiger partial charge >= 0.3 is 0 Å². The molecule has 1 N–H and O–H groups in total. The minimum absolute atomic E-state index is 0.0128. The lowest BCUT2D eigenvalue weighted by molar-refractivity contribution is -0.140. The standard InChI is InChI=1S/C35H38FN3O4S/c1-26-15-21-31(22-16-26)44(42,43)39(30-19-17-29(36)18-20-30)25-33(40)38(24-28-13-9-6-10-14-28)32(34(41)37-35(2,3)4)23-27-11-7-5-8-12-27/h5-22,32H,23-25H2,1-4H3,(H,37,41)/t32-/m0/s1. The lowest BCUT2D eigenvalue weighted by Gasteiger charge is -2.35. The first-order chi connectivity index (χ1) is 20.8. The Balaban J connectivity index is 1.80. The molecule has 0 fully saturated rings. The van der Waals surface area contributed by atoms with Gasteiger partial charge in [-0.25, -0.2) is 12.8 Å². The number of benzene rings is 4. The first-order valence-corrected chi connectivity index (χ1v) is 15.8. The molecule has 4 aromatic carbocycles. The second-order valence-electron chi connectivity index (χ2n) is 11.8. The maximum Gasteiger partial charge on any atom is 0.264 e. The maximum atomic E-state index is 14.4. The molecule has 2 amide bonds. The van der Waals surface area contributed by atoms with Crippen molar-refractivity contribution in [3.63, 3.8) is 0 Å². The number of carbonyl (C=O) groups is 2. The maximum absolute atomic E-state index is 14.4. The Labute approximate surface area is 259 Å². The number of anilines is 1. The number of nitrogens with one attached hydrogen (secondary N) is 1. The quantitative estimate of drug-likeness (QED) is 0.228. The van der Waals surface area contributed by atoms with E-state index < -0.39 is 39.9 Å². The van der Waals surface area contributed by atoms with Gasteiger partial charge in [0, 0.05) is 18.5 Å². The molecule has 0 aliphatic rings. The second kappa shape index (κ2) is 13.9. The van der Waals surface area contributed by atoms with E-state index in [9.17, 15) is 22.4 Å². The van der Waals surface area contributed by atoms with Gasteiger partial charge in [-0.1, -0.05) is 78.4 Å². The summed E-state index contributed by atoms with van der Waals surface area (Å²) in [4.78, 5) is 29.7. The van der Waals surface area contributed by atoms with Gasteiger partial charge in [0.2, 0.25) is 11.8 Å². The molecule has 4 rings (SSSR count). The molecule has 0 aliphatic heterocycles. The Morgan fingerprint density at radius 2 is 1.34 bits per heavy atom. The predicted molar refractivity (Wildman–Crippen MR) is 171 cm³/mol. The highest BCUT2D eigenvalue weighted by Gasteiger charge is 2.35. The van der Waals surface area contributed by atoms with E-state index in [-0.39, 0.29) is 29.5 Å². The van der Waals surface area contributed by atoms with Crippen molar-refractivity contribution in [3.05, 3.63) is 132 Å². The van der Waals surface area contributed by atoms with Crippen molar-refractivity contribution in [2.24, 2.45) is 0 Å². The number of hydrogen-bond donors (Lipinski definition) is 1. The van der Waals surface area contributed by atoms with E-state index in [1.54, 1.807) is 12.1 Å². The van der Waals surface area contributed by atoms with Crippen molar-refractivity contribution < 1.29 is 22.4 Å². The number of carbonyl (C=O) groups excluding carboxylic acids is 2. The summed E-state index contributed by atoms with van der Waals surface area (Å²) in [7, 11) is -4.26. The summed E-state index contributed by atoms with van der Waals surface area (Å²) in [6.07, 6.45) is 0.211. The Kier molecular flexibility index (Phi) is 10.2. The molecule has 0 saturated carbocycles. The number of hydrogen-bond acceptors (Lipinski definition) is 4. The van der Waals surface area contributed by atoms with Crippen LogP contribution < -0.4 is 9.62 Å². The van der Waals surface area contributed by atoms with Gasteiger partial charge in [0.25, 0.3) is 10.0 Å². The van der Waals surface area contributed by atoms with Crippen LogP contribution in [0.15, 0.2) is 114 Å². The van der Waals surface area contributed by atoms with Crippen LogP contribution >= 0.6 is 0 Å². The summed E-state index contributed by atoms with van der Waals surface area (Å²) in [5, 5.41) is 3.01. The van der Waals surface area contributed by atoms with Crippen molar-refractivity contribution in [2.75, 3.05) is 10.8 Å². The van der Waals surface area contributed by atoms with Gasteiger partial charge in [0.05, 0.1) is 10.6 Å². The summed E-state index contributed by atoms with van der Waals surface area (Å²) in [6, 6.07) is 28.9. The van der Waals surface area contributed by atoms with Crippen molar-refractivity contribution in [1.29, 1.82) is 0 Å². The van der Waals surface area contributed by atoms with Gasteiger partial charge in [-0.05, 0) is 75.2 Å². The van der Waals surface area contributed by atoms with E-state index in [4.69, 9.17) is 0 Å². The fourth-order valence-corrected chi connectivity index (χ4v) is 6.17. The molecular weight excluding hydrogens is 577 g/mol. The summed E-state index contributed by atoms with van der Waals surface area (Å²) >= 11 is 0. The SMILES string of the molecule is Cc1ccc(S(=O)(=O)N(CC(=O)N(Cc2ccccc2)[C@@H](Cc2ccccc2)C(=O)NC(C)(C)C)c2ccc(F)cc2)cc1. The van der Waals surface area contributed by atoms with Crippen LogP contribution in [-0.2, 0) is 32.6 Å². The third-order valence-corrected chi connectivity index (χ3v) is 8.76. The Bertz CT molecular complexity index is 1660. The molecule has 0 aromatic heterocycles. The zero-order chi connectivity index (χ0) is 31.9. The number of halogens is 1. The molecule has 0 spiro atoms. The van der Waals surface area contributed by atoms with Gasteiger partial charge in [0.1, 0.15) is 18.4 Å². The molecule has 0 radical (unpaired) electrons. The van der Waals surface area contributed by atoms with Gasteiger partial charge in [0.15, 0.2) is 0 Å². The van der Waals surface area contributed by atoms with E-state index in [0.717, 1.165) is 33.1 Å². The highest BCUT2D eigenvalue weighted by Crippen LogP contribution is 2.26. The second-order valence-corrected chi connectivity index (χ2v) is 13.6. The highest BCUT2D eigenvalue weighted by molar-refractivity contribution is 7.92. The van der Waals surface area contributed by atoms with Crippen molar-refractivity contribution in [3.8, 4) is 0 Å². The van der Waals surface area contributed by atoms with Gasteiger partial charge in [-0.2, -0.15) is 0 Å². The number of rotatable bonds is 11. The number of sulfonamides is 1. The summed E-state index contributed by atoms with van der Waals surface area (Å²) in [5.41, 5.74) is 2.03. The minimum Gasteiger partial charge on any atom is -0.350 e. The van der Waals surface area contributed by atoms with Crippen LogP contribution in [-0.4, -0.2) is 43.3 Å². The van der Waals surface area contributed by atoms with Gasteiger partial charge in [-0.3, -0.25) is 13.9 Å². The monoisotopic (exact) mass is 615 g/mol. The van der Waals surface area contributed by atoms with Crippen molar-refractivity contribution in [2.45, 2.75) is 57.1 Å². The zero-order valence-corrected chi connectivity index (χ0v) is 26.2. The molecule has 44 heavy (non-hydrogen) atoms. The van der Waals surface area contributed by atoms with Crippen LogP contribution in [0.5, 0.6) is 0 Å². The predicted octanol–water partition coefficient (Wildman–Crippen LogP) is 5.88. The van der Waals surface area contributed by atoms with Crippen molar-refractivity contribution in [1.82, 2.24) is 10.2 Å². The molecule has 0 bridgehead atoms. The molecule has 0 heterocycles. The topological polar surface area (TPSA) is 86.8 Å². The van der Waals surface area contributed by atoms with Crippen LogP contribution in [0.4, 0.5) is 10.1 Å². The number of nitrogens with zero attached hydrogens (tertiary/aromatic N) is 2. The lowest BCUT2D eigenvalue weighted by atomic mass is 10.0. The van der Waals surface area contributed by atoms with E-state index in [1.165, 1.54) is 29.2 Å². The average Bonchev–Trinajstić information content (AvgIpc) is 2.98. The fourth-order valence-electron chi connectivity index (χ4n) is 4.76. The summed E-state index contributed by atoms with van der Waals surface area (Å²) in [5.74, 6) is -1.49. The molecule has 0 saturated heterocycles. The Morgan fingerprint density at radius 1 is 0.795 bits per heavy atom. The molecule has 0 unspecified atom stereocenters. The molecule has 4 aromatic rings. The van der Waals surface area contributed by atoms with Crippen LogP contribution in [0.1, 0.15) is 37.5 Å². The Hall–Kier alpha value is -4.50. The van der Waals surface area contributed by atoms with E-state index in [2.05, 4.69) is 5.32 Å². The van der Waals surface area contributed by atoms with Crippen molar-refractivity contribution >= 4 is 27.5 Å². The first-order valence-electron chi connectivity index (χ1n) is 14.4. The third-order valence-electron chi connectivity index (χ3n) is 6.97. The fraction of sp³-hybridized carbons (Fsp3) is 0.257. The minimum atomic E-state index is -4.26. The van der Waals surface area contributed by atoms with Gasteiger partial charge in [-0.15, -0.1) is 0 Å². The van der Waals surface area contributed by atoms with E-state index in [1.807, 2.05) is 88.4 Å². The molecule has 0 aliphatic carbocycles. The van der Waals surface area contributed by atoms with Crippen LogP contribution in [0.2, 0.25) is 0 Å². The average molecular weight is 616 g/mol. The number of amides is 2. The molecular formula is C35H38FN3O4S. The van der Waals surface area contributed by atoms with Gasteiger partial charge < -0.3 is 10.2 Å². The largest absolute Gasteiger partial charge is 0.350 e. The molecule has 230 valence electrons. The summed E-state index contributed by atoms with van der Waals surface area (Å²) < 4.78 is 42.9. The number of aryl methyl sites for hydroxylation is 1.